The Bertz CT molecular complexity index is 1500. The first-order chi connectivity index (χ1) is 19.9. The molecule has 0 spiro atoms. The van der Waals surface area contributed by atoms with E-state index in [1.54, 1.807) is 0 Å². The Morgan fingerprint density at radius 1 is 0.442 bits per heavy atom. The molecule has 0 bridgehead atoms. The Labute approximate surface area is 235 Å². The minimum Gasteiger partial charge on any atom is -0.429 e. The van der Waals surface area contributed by atoms with E-state index in [0.29, 0.717) is 48.5 Å². The fourth-order valence-electron chi connectivity index (χ4n) is 4.01. The zero-order valence-electron chi connectivity index (χ0n) is 21.7. The summed E-state index contributed by atoms with van der Waals surface area (Å²) in [6.07, 6.45) is -10.3. The summed E-state index contributed by atoms with van der Waals surface area (Å²) < 4.78 is 180. The Morgan fingerprint density at radius 3 is 0.953 bits per heavy atom. The van der Waals surface area contributed by atoms with Gasteiger partial charge in [-0.05, 0) is 55.7 Å². The van der Waals surface area contributed by atoms with Crippen LogP contribution in [0.25, 0.3) is 0 Å². The molecule has 0 radical (unpaired) electrons. The summed E-state index contributed by atoms with van der Waals surface area (Å²) in [4.78, 5) is 0. The molecular formula is C29H16F12O2. The van der Waals surface area contributed by atoms with Gasteiger partial charge in [-0.1, -0.05) is 0 Å². The van der Waals surface area contributed by atoms with Gasteiger partial charge >= 0.3 is 12.2 Å². The average molecular weight is 624 g/mol. The second-order valence-electron chi connectivity index (χ2n) is 9.31. The molecule has 0 aliphatic carbocycles. The lowest BCUT2D eigenvalue weighted by Gasteiger charge is -2.21. The van der Waals surface area contributed by atoms with E-state index in [0.717, 1.165) is 13.8 Å². The average Bonchev–Trinajstić information content (AvgIpc) is 2.84. The van der Waals surface area contributed by atoms with Gasteiger partial charge in [0.05, 0.1) is 0 Å². The topological polar surface area (TPSA) is 18.5 Å². The van der Waals surface area contributed by atoms with Crippen LogP contribution in [0.3, 0.4) is 0 Å². The summed E-state index contributed by atoms with van der Waals surface area (Å²) in [6, 6.07) is 2.85. The molecule has 4 aromatic rings. The predicted octanol–water partition coefficient (Wildman–Crippen LogP) is 9.26. The molecular weight excluding hydrogens is 608 g/mol. The van der Waals surface area contributed by atoms with Gasteiger partial charge < -0.3 is 9.47 Å². The third-order valence-electron chi connectivity index (χ3n) is 6.20. The van der Waals surface area contributed by atoms with Gasteiger partial charge in [0.25, 0.3) is 0 Å². The molecule has 0 aliphatic rings. The quantitative estimate of drug-likeness (QED) is 0.182. The number of rotatable bonds is 8. The Balaban J connectivity index is 1.59. The zero-order chi connectivity index (χ0) is 32.0. The van der Waals surface area contributed by atoms with Crippen LogP contribution in [0.4, 0.5) is 52.7 Å². The SMILES string of the molecule is Cc1c(F)cc(OC(F)(F)c2c(F)cc(Cc3cc(F)c(C(F)(F)Oc4cc(F)c(C)c(F)c4)c(F)c3)cc2F)cc1F. The molecule has 0 fully saturated rings. The highest BCUT2D eigenvalue weighted by molar-refractivity contribution is 5.37. The van der Waals surface area contributed by atoms with Crippen molar-refractivity contribution in [1.29, 1.82) is 0 Å². The molecule has 0 heterocycles. The van der Waals surface area contributed by atoms with E-state index in [-0.39, 0.29) is 0 Å². The Morgan fingerprint density at radius 2 is 0.698 bits per heavy atom. The monoisotopic (exact) mass is 624 g/mol. The number of hydrogen-bond donors (Lipinski definition) is 0. The molecule has 4 aromatic carbocycles. The van der Waals surface area contributed by atoms with E-state index in [1.807, 2.05) is 0 Å². The van der Waals surface area contributed by atoms with Crippen molar-refractivity contribution in [3.63, 3.8) is 0 Å². The maximum absolute atomic E-state index is 14.6. The highest BCUT2D eigenvalue weighted by Gasteiger charge is 2.43. The van der Waals surface area contributed by atoms with Crippen LogP contribution >= 0.6 is 0 Å². The summed E-state index contributed by atoms with van der Waals surface area (Å²) in [5, 5.41) is 0. The number of hydrogen-bond acceptors (Lipinski definition) is 2. The largest absolute Gasteiger partial charge is 0.432 e. The third-order valence-corrected chi connectivity index (χ3v) is 6.20. The van der Waals surface area contributed by atoms with Gasteiger partial charge in [-0.15, -0.1) is 0 Å². The van der Waals surface area contributed by atoms with Crippen LogP contribution in [-0.2, 0) is 18.6 Å². The highest BCUT2D eigenvalue weighted by atomic mass is 19.3. The Kier molecular flexibility index (Phi) is 8.35. The van der Waals surface area contributed by atoms with Crippen LogP contribution in [0.5, 0.6) is 11.5 Å². The predicted molar refractivity (Wildman–Crippen MR) is 127 cm³/mol. The van der Waals surface area contributed by atoms with Crippen molar-refractivity contribution < 1.29 is 62.2 Å². The van der Waals surface area contributed by atoms with Gasteiger partial charge in [-0.2, -0.15) is 17.6 Å². The molecule has 0 unspecified atom stereocenters. The van der Waals surface area contributed by atoms with Crippen molar-refractivity contribution in [2.45, 2.75) is 32.5 Å². The maximum atomic E-state index is 14.6. The molecule has 14 heteroatoms. The van der Waals surface area contributed by atoms with E-state index in [9.17, 15) is 52.7 Å². The first-order valence-electron chi connectivity index (χ1n) is 11.9. The lowest BCUT2D eigenvalue weighted by molar-refractivity contribution is -0.190. The summed E-state index contributed by atoms with van der Waals surface area (Å²) in [6.45, 7) is 2.01. The maximum Gasteiger partial charge on any atom is 0.432 e. The van der Waals surface area contributed by atoms with Crippen molar-refractivity contribution in [2.24, 2.45) is 0 Å². The first-order valence-corrected chi connectivity index (χ1v) is 11.9. The van der Waals surface area contributed by atoms with E-state index < -0.39 is 110 Å². The van der Waals surface area contributed by atoms with Crippen LogP contribution < -0.4 is 9.47 Å². The van der Waals surface area contributed by atoms with Crippen LogP contribution in [0.2, 0.25) is 0 Å². The van der Waals surface area contributed by atoms with Gasteiger partial charge in [0.15, 0.2) is 0 Å². The highest BCUT2D eigenvalue weighted by Crippen LogP contribution is 2.38. The molecule has 0 aromatic heterocycles. The minimum atomic E-state index is -4.78. The Hall–Kier alpha value is -4.36. The van der Waals surface area contributed by atoms with Crippen molar-refractivity contribution >= 4 is 0 Å². The van der Waals surface area contributed by atoms with E-state index in [1.165, 1.54) is 0 Å². The number of alkyl halides is 4. The third kappa shape index (κ3) is 6.52. The van der Waals surface area contributed by atoms with E-state index in [4.69, 9.17) is 0 Å². The molecule has 0 saturated heterocycles. The minimum absolute atomic E-state index is 0.341. The van der Waals surface area contributed by atoms with Crippen molar-refractivity contribution in [3.8, 4) is 11.5 Å². The molecule has 0 atom stereocenters. The first kappa shape index (κ1) is 31.6. The van der Waals surface area contributed by atoms with Gasteiger partial charge in [0.2, 0.25) is 0 Å². The second-order valence-corrected chi connectivity index (χ2v) is 9.31. The van der Waals surface area contributed by atoms with Crippen molar-refractivity contribution in [3.05, 3.63) is 128 Å². The number of benzene rings is 4. The summed E-state index contributed by atoms with van der Waals surface area (Å²) in [5.74, 6) is -14.9. The zero-order valence-corrected chi connectivity index (χ0v) is 21.7. The molecule has 0 N–H and O–H groups in total. The van der Waals surface area contributed by atoms with Crippen LogP contribution in [-0.4, -0.2) is 0 Å². The van der Waals surface area contributed by atoms with Gasteiger partial charge in [0.1, 0.15) is 69.2 Å². The van der Waals surface area contributed by atoms with Gasteiger partial charge in [0, 0.05) is 35.4 Å². The summed E-state index contributed by atoms with van der Waals surface area (Å²) >= 11 is 0. The van der Waals surface area contributed by atoms with Crippen molar-refractivity contribution in [2.75, 3.05) is 0 Å². The normalized spacial score (nSPS) is 12.0. The number of halogens is 12. The summed E-state index contributed by atoms with van der Waals surface area (Å²) in [7, 11) is 0. The van der Waals surface area contributed by atoms with E-state index >= 15 is 0 Å². The standard InChI is InChI=1S/C29H16F12O2/c1-12-18(30)8-16(9-19(12)31)42-28(38,39)26-22(34)4-14(5-23(26)35)3-15-6-24(36)27(25(37)7-15)29(40,41)43-17-10-20(32)13(2)21(33)11-17/h4-11H,3H2,1-2H3. The smallest absolute Gasteiger partial charge is 0.429 e. The fourth-order valence-corrected chi connectivity index (χ4v) is 4.01. The van der Waals surface area contributed by atoms with Crippen LogP contribution in [0.1, 0.15) is 33.4 Å². The van der Waals surface area contributed by atoms with Crippen molar-refractivity contribution in [1.82, 2.24) is 0 Å². The lowest BCUT2D eigenvalue weighted by Crippen LogP contribution is -2.26. The van der Waals surface area contributed by atoms with Crippen LogP contribution in [0, 0.1) is 60.4 Å². The molecule has 228 valence electrons. The molecule has 0 amide bonds. The fraction of sp³-hybridized carbons (Fsp3) is 0.172. The molecule has 2 nitrogen and oxygen atoms in total. The lowest BCUT2D eigenvalue weighted by atomic mass is 10.00. The second kappa shape index (κ2) is 11.4. The summed E-state index contributed by atoms with van der Waals surface area (Å²) in [5.41, 5.74) is -5.92. The molecule has 0 aliphatic heterocycles. The molecule has 0 saturated carbocycles. The molecule has 43 heavy (non-hydrogen) atoms. The van der Waals surface area contributed by atoms with Crippen LogP contribution in [0.15, 0.2) is 48.5 Å². The van der Waals surface area contributed by atoms with Gasteiger partial charge in [-0.25, -0.2) is 35.1 Å². The van der Waals surface area contributed by atoms with E-state index in [2.05, 4.69) is 9.47 Å². The van der Waals surface area contributed by atoms with Gasteiger partial charge in [-0.3, -0.25) is 0 Å². The number of ether oxygens (including phenoxy) is 2. The molecule has 4 rings (SSSR count).